The molecule has 1 nitrogen and oxygen atoms in total. The van der Waals surface area contributed by atoms with Gasteiger partial charge in [-0.05, 0) is 11.8 Å². The molecule has 11 heavy (non-hydrogen) atoms. The van der Waals surface area contributed by atoms with Gasteiger partial charge in [-0.3, -0.25) is 0 Å². The standard InChI is InChI=1S/C9H19Br.H3N/c1-4-9(5-2,6-3)7-8-10;/h4-8H2,1-3H3;1H3. The minimum absolute atomic E-state index is 0. The van der Waals surface area contributed by atoms with Gasteiger partial charge in [0.05, 0.1) is 0 Å². The Labute approximate surface area is 79.7 Å². The summed E-state index contributed by atoms with van der Waals surface area (Å²) in [6.45, 7) is 6.90. The van der Waals surface area contributed by atoms with Gasteiger partial charge in [0.25, 0.3) is 0 Å². The monoisotopic (exact) mass is 223 g/mol. The van der Waals surface area contributed by atoms with Gasteiger partial charge >= 0.3 is 0 Å². The van der Waals surface area contributed by atoms with E-state index in [1.807, 2.05) is 0 Å². The van der Waals surface area contributed by atoms with Crippen LogP contribution in [-0.2, 0) is 0 Å². The normalized spacial score (nSPS) is 10.9. The van der Waals surface area contributed by atoms with E-state index in [-0.39, 0.29) is 6.15 Å². The van der Waals surface area contributed by atoms with E-state index in [4.69, 9.17) is 0 Å². The Kier molecular flexibility index (Phi) is 9.04. The summed E-state index contributed by atoms with van der Waals surface area (Å²) in [5.41, 5.74) is 0.628. The van der Waals surface area contributed by atoms with Gasteiger partial charge < -0.3 is 6.15 Å². The maximum atomic E-state index is 3.51. The molecule has 70 valence electrons. The van der Waals surface area contributed by atoms with Gasteiger partial charge in [0.15, 0.2) is 0 Å². The SMILES string of the molecule is CCC(CC)(CC)CCBr.N. The summed E-state index contributed by atoms with van der Waals surface area (Å²) in [5, 5.41) is 1.16. The first kappa shape index (κ1) is 14.0. The van der Waals surface area contributed by atoms with Crippen LogP contribution in [0.15, 0.2) is 0 Å². The highest BCUT2D eigenvalue weighted by Crippen LogP contribution is 2.34. The minimum Gasteiger partial charge on any atom is -0.344 e. The Bertz CT molecular complexity index is 71.4. The van der Waals surface area contributed by atoms with Crippen LogP contribution < -0.4 is 6.15 Å². The molecule has 0 amide bonds. The molecule has 0 radical (unpaired) electrons. The number of alkyl halides is 1. The van der Waals surface area contributed by atoms with Crippen molar-refractivity contribution >= 4 is 15.9 Å². The molecule has 0 atom stereocenters. The van der Waals surface area contributed by atoms with Crippen molar-refractivity contribution in [1.29, 1.82) is 0 Å². The Balaban J connectivity index is 0. The summed E-state index contributed by atoms with van der Waals surface area (Å²) in [6.07, 6.45) is 5.30. The third kappa shape index (κ3) is 4.12. The summed E-state index contributed by atoms with van der Waals surface area (Å²) in [4.78, 5) is 0. The lowest BCUT2D eigenvalue weighted by Gasteiger charge is -2.29. The van der Waals surface area contributed by atoms with Gasteiger partial charge in [-0.2, -0.15) is 0 Å². The number of rotatable bonds is 5. The highest BCUT2D eigenvalue weighted by atomic mass is 79.9. The van der Waals surface area contributed by atoms with Crippen LogP contribution in [-0.4, -0.2) is 5.33 Å². The number of halogens is 1. The Morgan fingerprint density at radius 3 is 1.45 bits per heavy atom. The Hall–Kier alpha value is 0.440. The van der Waals surface area contributed by atoms with E-state index < -0.39 is 0 Å². The third-order valence-corrected chi connectivity index (χ3v) is 3.27. The molecule has 0 aromatic heterocycles. The minimum atomic E-state index is 0. The van der Waals surface area contributed by atoms with Crippen molar-refractivity contribution in [3.8, 4) is 0 Å². The summed E-state index contributed by atoms with van der Waals surface area (Å²) in [5.74, 6) is 0. The molecule has 0 bridgehead atoms. The zero-order valence-corrected chi connectivity index (χ0v) is 9.71. The van der Waals surface area contributed by atoms with Gasteiger partial charge in [0.1, 0.15) is 0 Å². The quantitative estimate of drug-likeness (QED) is 0.699. The molecule has 0 spiro atoms. The lowest BCUT2D eigenvalue weighted by Crippen LogP contribution is -2.17. The van der Waals surface area contributed by atoms with Gasteiger partial charge in [0.2, 0.25) is 0 Å². The molecule has 0 aromatic carbocycles. The molecular weight excluding hydrogens is 202 g/mol. The molecule has 0 fully saturated rings. The molecule has 0 saturated heterocycles. The number of hydrogen-bond donors (Lipinski definition) is 1. The molecule has 0 aliphatic rings. The Morgan fingerprint density at radius 1 is 1.00 bits per heavy atom. The first-order chi connectivity index (χ1) is 4.74. The average Bonchev–Trinajstić information content (AvgIpc) is 2.01. The predicted octanol–water partition coefficient (Wildman–Crippen LogP) is 4.15. The molecular formula is C9H22BrN. The van der Waals surface area contributed by atoms with Crippen molar-refractivity contribution in [2.75, 3.05) is 5.33 Å². The van der Waals surface area contributed by atoms with Gasteiger partial charge in [-0.25, -0.2) is 0 Å². The van der Waals surface area contributed by atoms with Crippen molar-refractivity contribution in [3.63, 3.8) is 0 Å². The van der Waals surface area contributed by atoms with E-state index in [1.54, 1.807) is 0 Å². The highest BCUT2D eigenvalue weighted by Gasteiger charge is 2.22. The summed E-state index contributed by atoms with van der Waals surface area (Å²) in [6, 6.07) is 0. The van der Waals surface area contributed by atoms with Crippen LogP contribution >= 0.6 is 15.9 Å². The van der Waals surface area contributed by atoms with Crippen LogP contribution in [0, 0.1) is 5.41 Å². The van der Waals surface area contributed by atoms with Gasteiger partial charge in [0, 0.05) is 5.33 Å². The van der Waals surface area contributed by atoms with Crippen molar-refractivity contribution < 1.29 is 0 Å². The predicted molar refractivity (Wildman–Crippen MR) is 56.7 cm³/mol. The fourth-order valence-electron chi connectivity index (χ4n) is 1.48. The van der Waals surface area contributed by atoms with Crippen LogP contribution in [0.5, 0.6) is 0 Å². The van der Waals surface area contributed by atoms with E-state index in [0.717, 1.165) is 5.33 Å². The third-order valence-electron chi connectivity index (χ3n) is 2.87. The van der Waals surface area contributed by atoms with Crippen molar-refractivity contribution in [2.24, 2.45) is 5.41 Å². The van der Waals surface area contributed by atoms with Crippen LogP contribution in [0.1, 0.15) is 46.5 Å². The maximum Gasteiger partial charge on any atom is 0.00365 e. The zero-order chi connectivity index (χ0) is 8.04. The van der Waals surface area contributed by atoms with Crippen LogP contribution in [0.2, 0.25) is 0 Å². The largest absolute Gasteiger partial charge is 0.344 e. The molecule has 0 unspecified atom stereocenters. The van der Waals surface area contributed by atoms with E-state index in [0.29, 0.717) is 5.41 Å². The van der Waals surface area contributed by atoms with Crippen LogP contribution in [0.4, 0.5) is 0 Å². The zero-order valence-electron chi connectivity index (χ0n) is 8.12. The topological polar surface area (TPSA) is 35.0 Å². The molecule has 2 heteroatoms. The van der Waals surface area contributed by atoms with Crippen molar-refractivity contribution in [3.05, 3.63) is 0 Å². The fraction of sp³-hybridized carbons (Fsp3) is 1.00. The molecule has 0 aliphatic heterocycles. The first-order valence-electron chi connectivity index (χ1n) is 4.30. The van der Waals surface area contributed by atoms with Crippen LogP contribution in [0.25, 0.3) is 0 Å². The molecule has 0 saturated carbocycles. The number of hydrogen-bond acceptors (Lipinski definition) is 1. The maximum absolute atomic E-state index is 3.51. The van der Waals surface area contributed by atoms with E-state index in [1.165, 1.54) is 25.7 Å². The van der Waals surface area contributed by atoms with E-state index in [2.05, 4.69) is 36.7 Å². The molecule has 0 heterocycles. The lowest BCUT2D eigenvalue weighted by molar-refractivity contribution is 0.243. The highest BCUT2D eigenvalue weighted by molar-refractivity contribution is 9.09. The second-order valence-corrected chi connectivity index (χ2v) is 3.79. The molecule has 0 aliphatic carbocycles. The van der Waals surface area contributed by atoms with Gasteiger partial charge in [-0.15, -0.1) is 0 Å². The Morgan fingerprint density at radius 2 is 1.36 bits per heavy atom. The summed E-state index contributed by atoms with van der Waals surface area (Å²) in [7, 11) is 0. The summed E-state index contributed by atoms with van der Waals surface area (Å²) >= 11 is 3.51. The first-order valence-corrected chi connectivity index (χ1v) is 5.42. The van der Waals surface area contributed by atoms with E-state index in [9.17, 15) is 0 Å². The molecule has 0 rings (SSSR count). The van der Waals surface area contributed by atoms with Crippen molar-refractivity contribution in [2.45, 2.75) is 46.5 Å². The molecule has 0 aromatic rings. The van der Waals surface area contributed by atoms with Gasteiger partial charge in [-0.1, -0.05) is 56.0 Å². The second-order valence-electron chi connectivity index (χ2n) is 3.00. The average molecular weight is 224 g/mol. The van der Waals surface area contributed by atoms with Crippen molar-refractivity contribution in [1.82, 2.24) is 6.15 Å². The van der Waals surface area contributed by atoms with E-state index >= 15 is 0 Å². The summed E-state index contributed by atoms with van der Waals surface area (Å²) < 4.78 is 0. The lowest BCUT2D eigenvalue weighted by atomic mass is 9.78. The molecule has 3 N–H and O–H groups in total. The smallest absolute Gasteiger partial charge is 0.00365 e. The second kappa shape index (κ2) is 7.11. The van der Waals surface area contributed by atoms with Crippen LogP contribution in [0.3, 0.4) is 0 Å². The fourth-order valence-corrected chi connectivity index (χ4v) is 2.32.